The third kappa shape index (κ3) is 4.44. The minimum atomic E-state index is -0.203. The van der Waals surface area contributed by atoms with Gasteiger partial charge in [0.2, 0.25) is 0 Å². The number of ether oxygens (including phenoxy) is 2. The van der Waals surface area contributed by atoms with Crippen molar-refractivity contribution in [1.29, 1.82) is 0 Å². The number of carbonyl (C=O) groups is 1. The summed E-state index contributed by atoms with van der Waals surface area (Å²) in [6.45, 7) is 7.12. The van der Waals surface area contributed by atoms with Crippen molar-refractivity contribution in [2.24, 2.45) is 0 Å². The number of methoxy groups -OCH3 is 1. The number of esters is 1. The van der Waals surface area contributed by atoms with Crippen LogP contribution in [0.25, 0.3) is 0 Å². The van der Waals surface area contributed by atoms with Gasteiger partial charge in [-0.3, -0.25) is 9.69 Å². The summed E-state index contributed by atoms with van der Waals surface area (Å²) < 4.78 is 10.1. The number of rotatable bonds is 5. The van der Waals surface area contributed by atoms with Crippen molar-refractivity contribution in [1.82, 2.24) is 4.90 Å². The summed E-state index contributed by atoms with van der Waals surface area (Å²) in [6.07, 6.45) is 3.22. The largest absolute Gasteiger partial charge is 0.469 e. The first-order valence-corrected chi connectivity index (χ1v) is 5.28. The Labute approximate surface area is 90.8 Å². The molecule has 0 aliphatic carbocycles. The second-order valence-electron chi connectivity index (χ2n) is 3.65. The molecule has 0 saturated carbocycles. The topological polar surface area (TPSA) is 38.8 Å². The Hall–Kier alpha value is -0.870. The molecule has 1 fully saturated rings. The Morgan fingerprint density at radius 1 is 1.73 bits per heavy atom. The zero-order chi connectivity index (χ0) is 11.1. The highest BCUT2D eigenvalue weighted by Gasteiger charge is 2.22. The van der Waals surface area contributed by atoms with Gasteiger partial charge in [-0.1, -0.05) is 6.08 Å². The molecule has 0 bridgehead atoms. The minimum Gasteiger partial charge on any atom is -0.469 e. The number of morpholine rings is 1. The van der Waals surface area contributed by atoms with Crippen molar-refractivity contribution in [2.45, 2.75) is 18.9 Å². The van der Waals surface area contributed by atoms with Crippen molar-refractivity contribution in [2.75, 3.05) is 33.4 Å². The molecule has 1 aliphatic heterocycles. The van der Waals surface area contributed by atoms with Crippen LogP contribution in [-0.4, -0.2) is 50.3 Å². The SMILES string of the molecule is C=CCCN1CCO[C@H](CC(=O)OC)C1. The Balaban J connectivity index is 2.28. The van der Waals surface area contributed by atoms with Gasteiger partial charge >= 0.3 is 5.97 Å². The monoisotopic (exact) mass is 213 g/mol. The van der Waals surface area contributed by atoms with Crippen LogP contribution in [0, 0.1) is 0 Å². The van der Waals surface area contributed by atoms with Crippen LogP contribution in [0.3, 0.4) is 0 Å². The van der Waals surface area contributed by atoms with Crippen LogP contribution in [0.2, 0.25) is 0 Å². The molecule has 0 amide bonds. The fraction of sp³-hybridized carbons (Fsp3) is 0.727. The minimum absolute atomic E-state index is 0.0176. The Bertz CT molecular complexity index is 218. The molecule has 0 aromatic rings. The van der Waals surface area contributed by atoms with Gasteiger partial charge in [0.05, 0.1) is 26.2 Å². The standard InChI is InChI=1S/C11H19NO3/c1-3-4-5-12-6-7-15-10(9-12)8-11(13)14-2/h3,10H,1,4-9H2,2H3/t10-/m1/s1. The molecule has 0 N–H and O–H groups in total. The van der Waals surface area contributed by atoms with Gasteiger partial charge in [-0.15, -0.1) is 6.58 Å². The summed E-state index contributed by atoms with van der Waals surface area (Å²) >= 11 is 0. The zero-order valence-electron chi connectivity index (χ0n) is 9.28. The summed E-state index contributed by atoms with van der Waals surface area (Å²) in [5, 5.41) is 0. The van der Waals surface area contributed by atoms with Crippen LogP contribution in [0.1, 0.15) is 12.8 Å². The molecule has 0 spiro atoms. The van der Waals surface area contributed by atoms with Crippen LogP contribution in [0.4, 0.5) is 0 Å². The molecular weight excluding hydrogens is 194 g/mol. The van der Waals surface area contributed by atoms with Crippen LogP contribution in [0.15, 0.2) is 12.7 Å². The van der Waals surface area contributed by atoms with Gasteiger partial charge in [0, 0.05) is 19.6 Å². The number of hydrogen-bond acceptors (Lipinski definition) is 4. The first-order valence-electron chi connectivity index (χ1n) is 5.28. The normalized spacial score (nSPS) is 22.3. The Kier molecular flexibility index (Phi) is 5.36. The van der Waals surface area contributed by atoms with Crippen molar-refractivity contribution < 1.29 is 14.3 Å². The second-order valence-corrected chi connectivity index (χ2v) is 3.65. The first-order chi connectivity index (χ1) is 7.26. The molecular formula is C11H19NO3. The van der Waals surface area contributed by atoms with E-state index < -0.39 is 0 Å². The van der Waals surface area contributed by atoms with Crippen molar-refractivity contribution in [3.05, 3.63) is 12.7 Å². The lowest BCUT2D eigenvalue weighted by molar-refractivity contribution is -0.145. The summed E-state index contributed by atoms with van der Waals surface area (Å²) in [7, 11) is 1.40. The number of hydrogen-bond donors (Lipinski definition) is 0. The number of nitrogens with zero attached hydrogens (tertiary/aromatic N) is 1. The molecule has 86 valence electrons. The highest BCUT2D eigenvalue weighted by molar-refractivity contribution is 5.69. The van der Waals surface area contributed by atoms with Crippen molar-refractivity contribution >= 4 is 5.97 Å². The van der Waals surface area contributed by atoms with Crippen LogP contribution in [0.5, 0.6) is 0 Å². The van der Waals surface area contributed by atoms with Crippen LogP contribution >= 0.6 is 0 Å². The molecule has 15 heavy (non-hydrogen) atoms. The fourth-order valence-corrected chi connectivity index (χ4v) is 1.65. The van der Waals surface area contributed by atoms with Crippen LogP contribution in [-0.2, 0) is 14.3 Å². The molecule has 1 saturated heterocycles. The summed E-state index contributed by atoms with van der Waals surface area (Å²) in [4.78, 5) is 13.4. The van der Waals surface area contributed by atoms with Gasteiger partial charge in [0.25, 0.3) is 0 Å². The van der Waals surface area contributed by atoms with Gasteiger partial charge in [0.15, 0.2) is 0 Å². The molecule has 4 heteroatoms. The van der Waals surface area contributed by atoms with Gasteiger partial charge in [0.1, 0.15) is 0 Å². The molecule has 0 radical (unpaired) electrons. The quantitative estimate of drug-likeness (QED) is 0.501. The highest BCUT2D eigenvalue weighted by Crippen LogP contribution is 2.09. The maximum Gasteiger partial charge on any atom is 0.308 e. The van der Waals surface area contributed by atoms with E-state index in [0.717, 1.165) is 26.1 Å². The van der Waals surface area contributed by atoms with E-state index in [1.807, 2.05) is 6.08 Å². The maximum absolute atomic E-state index is 11.1. The zero-order valence-corrected chi connectivity index (χ0v) is 9.28. The van der Waals surface area contributed by atoms with Gasteiger partial charge in [-0.25, -0.2) is 0 Å². The highest BCUT2D eigenvalue weighted by atomic mass is 16.5. The lowest BCUT2D eigenvalue weighted by Crippen LogP contribution is -2.43. The number of carbonyl (C=O) groups excluding carboxylic acids is 1. The van der Waals surface area contributed by atoms with E-state index in [2.05, 4.69) is 16.2 Å². The maximum atomic E-state index is 11.1. The average Bonchev–Trinajstić information content (AvgIpc) is 2.26. The Morgan fingerprint density at radius 3 is 3.20 bits per heavy atom. The predicted molar refractivity (Wildman–Crippen MR) is 57.6 cm³/mol. The van der Waals surface area contributed by atoms with E-state index in [-0.39, 0.29) is 12.1 Å². The molecule has 0 aromatic heterocycles. The fourth-order valence-electron chi connectivity index (χ4n) is 1.65. The lowest BCUT2D eigenvalue weighted by atomic mass is 10.2. The first kappa shape index (κ1) is 12.2. The molecule has 0 aromatic carbocycles. The summed E-state index contributed by atoms with van der Waals surface area (Å²) in [6, 6.07) is 0. The second kappa shape index (κ2) is 6.58. The van der Waals surface area contributed by atoms with E-state index in [9.17, 15) is 4.79 Å². The van der Waals surface area contributed by atoms with E-state index in [4.69, 9.17) is 4.74 Å². The molecule has 4 nitrogen and oxygen atoms in total. The van der Waals surface area contributed by atoms with E-state index in [0.29, 0.717) is 13.0 Å². The smallest absolute Gasteiger partial charge is 0.308 e. The van der Waals surface area contributed by atoms with Crippen molar-refractivity contribution in [3.63, 3.8) is 0 Å². The van der Waals surface area contributed by atoms with Gasteiger partial charge in [-0.05, 0) is 6.42 Å². The lowest BCUT2D eigenvalue weighted by Gasteiger charge is -2.32. The van der Waals surface area contributed by atoms with Gasteiger partial charge in [-0.2, -0.15) is 0 Å². The average molecular weight is 213 g/mol. The third-order valence-corrected chi connectivity index (χ3v) is 2.49. The van der Waals surface area contributed by atoms with E-state index in [1.54, 1.807) is 0 Å². The Morgan fingerprint density at radius 2 is 2.53 bits per heavy atom. The summed E-state index contributed by atoms with van der Waals surface area (Å²) in [5.41, 5.74) is 0. The van der Waals surface area contributed by atoms with Crippen LogP contribution < -0.4 is 0 Å². The van der Waals surface area contributed by atoms with E-state index in [1.165, 1.54) is 7.11 Å². The summed E-state index contributed by atoms with van der Waals surface area (Å²) in [5.74, 6) is -0.203. The van der Waals surface area contributed by atoms with E-state index >= 15 is 0 Å². The molecule has 1 heterocycles. The molecule has 1 rings (SSSR count). The molecule has 1 atom stereocenters. The molecule has 0 unspecified atom stereocenters. The predicted octanol–water partition coefficient (Wildman–Crippen LogP) is 0.826. The third-order valence-electron chi connectivity index (χ3n) is 2.49. The molecule has 1 aliphatic rings. The van der Waals surface area contributed by atoms with Gasteiger partial charge < -0.3 is 9.47 Å². The van der Waals surface area contributed by atoms with Crippen molar-refractivity contribution in [3.8, 4) is 0 Å².